The van der Waals surface area contributed by atoms with Crippen molar-refractivity contribution in [3.8, 4) is 0 Å². The molecule has 0 saturated heterocycles. The number of carbonyl (C=O) groups is 4. The average Bonchev–Trinajstić information content (AvgIpc) is 3.33. The molecule has 46 heavy (non-hydrogen) atoms. The molecule has 0 saturated carbocycles. The maximum Gasteiger partial charge on any atom is 0.328 e. The van der Waals surface area contributed by atoms with E-state index in [9.17, 15) is 24.0 Å². The number of fused-ring (bicyclic) bond motifs is 1. The topological polar surface area (TPSA) is 223 Å². The summed E-state index contributed by atoms with van der Waals surface area (Å²) in [5.41, 5.74) is 6.61. The van der Waals surface area contributed by atoms with Crippen molar-refractivity contribution in [3.63, 3.8) is 0 Å². The van der Waals surface area contributed by atoms with Crippen molar-refractivity contribution in [1.29, 1.82) is 0 Å². The summed E-state index contributed by atoms with van der Waals surface area (Å²) in [4.78, 5) is 72.8. The number of imidazole rings is 1. The minimum atomic E-state index is -1.12. The van der Waals surface area contributed by atoms with Gasteiger partial charge in [0, 0.05) is 17.5 Å². The number of nitrogens with one attached hydrogen (secondary N) is 4. The van der Waals surface area contributed by atoms with Crippen LogP contribution in [0.25, 0.3) is 11.2 Å². The van der Waals surface area contributed by atoms with E-state index in [0.29, 0.717) is 54.9 Å². The number of benzene rings is 1. The SMILES string of the molecule is CCCCNc1nc(N)c2[nH]c(=O)n(Cc3ccc(C(=O)NCC(=O)O[C@H]4/C=C/CC[C@@](C)(C(=O)NCC(=O)O)CC4)cc3)c2n1. The molecule has 2 heterocycles. The molecule has 7 N–H and O–H groups in total. The monoisotopic (exact) mass is 636 g/mol. The summed E-state index contributed by atoms with van der Waals surface area (Å²) >= 11 is 0. The smallest absolute Gasteiger partial charge is 0.328 e. The van der Waals surface area contributed by atoms with E-state index in [0.717, 1.165) is 18.4 Å². The number of rotatable bonds is 13. The van der Waals surface area contributed by atoms with Crippen LogP contribution in [0.3, 0.4) is 0 Å². The Labute approximate surface area is 265 Å². The summed E-state index contributed by atoms with van der Waals surface area (Å²) in [6, 6.07) is 6.58. The van der Waals surface area contributed by atoms with Gasteiger partial charge in [-0.05, 0) is 55.9 Å². The molecular weight excluding hydrogens is 596 g/mol. The Morgan fingerprint density at radius 1 is 1.13 bits per heavy atom. The Hall–Kier alpha value is -5.21. The number of nitrogens with two attached hydrogens (primary N) is 1. The summed E-state index contributed by atoms with van der Waals surface area (Å²) in [6.07, 6.45) is 6.77. The molecule has 0 radical (unpaired) electrons. The zero-order valence-corrected chi connectivity index (χ0v) is 25.9. The van der Waals surface area contributed by atoms with Crippen LogP contribution < -0.4 is 27.4 Å². The molecule has 2 aromatic heterocycles. The third kappa shape index (κ3) is 8.70. The number of aromatic amines is 1. The van der Waals surface area contributed by atoms with Crippen LogP contribution in [0.2, 0.25) is 0 Å². The number of nitrogens with zero attached hydrogens (tertiary/aromatic N) is 3. The van der Waals surface area contributed by atoms with Crippen LogP contribution in [0, 0.1) is 5.41 Å². The molecule has 0 unspecified atom stereocenters. The standard InChI is InChI=1S/C31H40N8O7/c1-3-4-15-33-29-37-25(32)24-26(38-29)39(30(45)36-24)18-19-8-10-20(11-9-19)27(43)34-17-23(42)46-21-7-5-6-13-31(2,14-12-21)28(44)35-16-22(40)41/h5,7-11,21H,3-4,6,12-18H2,1-2H3,(H,34,43)(H,35,44)(H,36,45)(H,40,41)(H3,32,33,37,38)/b7-5+/t21-,31+/m0/s1. The van der Waals surface area contributed by atoms with E-state index in [1.807, 2.05) is 6.08 Å². The highest BCUT2D eigenvalue weighted by Crippen LogP contribution is 2.33. The van der Waals surface area contributed by atoms with Crippen molar-refractivity contribution >= 4 is 46.7 Å². The van der Waals surface area contributed by atoms with E-state index in [1.165, 1.54) is 4.57 Å². The lowest BCUT2D eigenvalue weighted by molar-refractivity contribution is -0.146. The number of carboxylic acid groups (broad SMARTS) is 1. The largest absolute Gasteiger partial charge is 0.480 e. The number of carbonyl (C=O) groups excluding carboxylic acids is 3. The molecule has 1 aromatic carbocycles. The van der Waals surface area contributed by atoms with Crippen molar-refractivity contribution in [2.45, 2.75) is 65.0 Å². The first kappa shape index (κ1) is 33.7. The second kappa shape index (κ2) is 15.2. The van der Waals surface area contributed by atoms with Gasteiger partial charge in [-0.3, -0.25) is 23.7 Å². The fourth-order valence-electron chi connectivity index (χ4n) is 5.09. The summed E-state index contributed by atoms with van der Waals surface area (Å²) < 4.78 is 6.97. The van der Waals surface area contributed by atoms with Gasteiger partial charge in [-0.15, -0.1) is 0 Å². The number of unbranched alkanes of at least 4 members (excludes halogenated alkanes) is 1. The van der Waals surface area contributed by atoms with Gasteiger partial charge in [-0.1, -0.05) is 38.5 Å². The Morgan fingerprint density at radius 3 is 2.61 bits per heavy atom. The average molecular weight is 637 g/mol. The second-order valence-corrected chi connectivity index (χ2v) is 11.5. The molecule has 4 rings (SSSR count). The van der Waals surface area contributed by atoms with Crippen molar-refractivity contribution < 1.29 is 29.0 Å². The Kier molecular flexibility index (Phi) is 11.1. The minimum Gasteiger partial charge on any atom is -0.480 e. The van der Waals surface area contributed by atoms with Gasteiger partial charge in [0.05, 0.1) is 6.54 Å². The van der Waals surface area contributed by atoms with Gasteiger partial charge in [-0.2, -0.15) is 9.97 Å². The summed E-state index contributed by atoms with van der Waals surface area (Å²) in [7, 11) is 0. The number of aromatic nitrogens is 4. The molecule has 2 atom stereocenters. The number of ether oxygens (including phenoxy) is 1. The number of anilines is 2. The number of aliphatic carboxylic acids is 1. The summed E-state index contributed by atoms with van der Waals surface area (Å²) in [6.45, 7) is 3.86. The number of hydrogen-bond donors (Lipinski definition) is 6. The highest BCUT2D eigenvalue weighted by molar-refractivity contribution is 5.96. The van der Waals surface area contributed by atoms with Crippen molar-refractivity contribution in [1.82, 2.24) is 30.2 Å². The van der Waals surface area contributed by atoms with Crippen molar-refractivity contribution in [2.75, 3.05) is 30.7 Å². The highest BCUT2D eigenvalue weighted by atomic mass is 16.5. The van der Waals surface area contributed by atoms with Crippen LogP contribution in [0.15, 0.2) is 41.2 Å². The molecule has 15 heteroatoms. The Balaban J connectivity index is 1.31. The molecule has 0 bridgehead atoms. The number of nitrogen functional groups attached to an aromatic ring is 1. The third-order valence-electron chi connectivity index (χ3n) is 7.84. The number of esters is 1. The van der Waals surface area contributed by atoms with Crippen LogP contribution in [-0.2, 0) is 25.7 Å². The van der Waals surface area contributed by atoms with Crippen LogP contribution in [0.1, 0.15) is 68.3 Å². The van der Waals surface area contributed by atoms with Gasteiger partial charge in [-0.25, -0.2) is 4.79 Å². The highest BCUT2D eigenvalue weighted by Gasteiger charge is 2.34. The first-order chi connectivity index (χ1) is 22.0. The van der Waals surface area contributed by atoms with E-state index in [1.54, 1.807) is 37.3 Å². The summed E-state index contributed by atoms with van der Waals surface area (Å²) in [5.74, 6) is -2.10. The number of amides is 2. The minimum absolute atomic E-state index is 0.162. The fraction of sp³-hybridized carbons (Fsp3) is 0.452. The second-order valence-electron chi connectivity index (χ2n) is 11.5. The fourth-order valence-corrected chi connectivity index (χ4v) is 5.09. The molecular formula is C31H40N8O7. The van der Waals surface area contributed by atoms with E-state index in [4.69, 9.17) is 15.6 Å². The van der Waals surface area contributed by atoms with Gasteiger partial charge >= 0.3 is 17.6 Å². The third-order valence-corrected chi connectivity index (χ3v) is 7.84. The Bertz CT molecular complexity index is 1660. The van der Waals surface area contributed by atoms with Crippen molar-refractivity contribution in [3.05, 3.63) is 58.0 Å². The maximum absolute atomic E-state index is 12.7. The van der Waals surface area contributed by atoms with E-state index >= 15 is 0 Å². The molecule has 1 aliphatic carbocycles. The van der Waals surface area contributed by atoms with E-state index in [2.05, 4.69) is 37.8 Å². The van der Waals surface area contributed by atoms with Crippen LogP contribution in [-0.4, -0.2) is 74.1 Å². The molecule has 3 aromatic rings. The predicted octanol–water partition coefficient (Wildman–Crippen LogP) is 1.94. The van der Waals surface area contributed by atoms with Crippen LogP contribution >= 0.6 is 0 Å². The molecule has 246 valence electrons. The molecule has 2 amide bonds. The summed E-state index contributed by atoms with van der Waals surface area (Å²) in [5, 5.41) is 17.0. The van der Waals surface area contributed by atoms with Gasteiger partial charge < -0.3 is 36.5 Å². The van der Waals surface area contributed by atoms with Crippen LogP contribution in [0.5, 0.6) is 0 Å². The lowest BCUT2D eigenvalue weighted by atomic mass is 9.78. The number of hydrogen-bond acceptors (Lipinski definition) is 10. The molecule has 1 aliphatic rings. The number of H-pyrrole nitrogens is 1. The predicted molar refractivity (Wildman–Crippen MR) is 170 cm³/mol. The van der Waals surface area contributed by atoms with Gasteiger partial charge in [0.1, 0.15) is 24.7 Å². The zero-order valence-electron chi connectivity index (χ0n) is 25.9. The lowest BCUT2D eigenvalue weighted by Crippen LogP contribution is -2.42. The number of carboxylic acids is 1. The Morgan fingerprint density at radius 2 is 1.89 bits per heavy atom. The van der Waals surface area contributed by atoms with Crippen LogP contribution in [0.4, 0.5) is 11.8 Å². The van der Waals surface area contributed by atoms with E-state index in [-0.39, 0.29) is 24.8 Å². The molecule has 0 aliphatic heterocycles. The van der Waals surface area contributed by atoms with Gasteiger partial charge in [0.15, 0.2) is 11.5 Å². The molecule has 0 fully saturated rings. The zero-order chi connectivity index (χ0) is 33.3. The lowest BCUT2D eigenvalue weighted by Gasteiger charge is -2.30. The number of allylic oxidation sites excluding steroid dienone is 1. The quantitative estimate of drug-likeness (QED) is 0.0903. The van der Waals surface area contributed by atoms with Crippen molar-refractivity contribution in [2.24, 2.45) is 5.41 Å². The normalized spacial score (nSPS) is 18.6. The van der Waals surface area contributed by atoms with E-state index < -0.39 is 41.6 Å². The molecule has 15 nitrogen and oxygen atoms in total. The van der Waals surface area contributed by atoms with Gasteiger partial charge in [0.25, 0.3) is 5.91 Å². The first-order valence-corrected chi connectivity index (χ1v) is 15.2. The first-order valence-electron chi connectivity index (χ1n) is 15.2. The molecule has 0 spiro atoms. The van der Waals surface area contributed by atoms with Gasteiger partial charge in [0.2, 0.25) is 11.9 Å². The maximum atomic E-state index is 12.7.